The molecule has 6 nitrogen and oxygen atoms in total. The van der Waals surface area contributed by atoms with E-state index in [0.717, 1.165) is 16.8 Å². The van der Waals surface area contributed by atoms with Crippen molar-refractivity contribution in [1.29, 1.82) is 0 Å². The monoisotopic (exact) mass is 396 g/mol. The van der Waals surface area contributed by atoms with E-state index in [-0.39, 0.29) is 24.8 Å². The van der Waals surface area contributed by atoms with Gasteiger partial charge >= 0.3 is 0 Å². The number of nitrogens with one attached hydrogen (secondary N) is 1. The van der Waals surface area contributed by atoms with Crippen molar-refractivity contribution in [3.05, 3.63) is 47.5 Å². The van der Waals surface area contributed by atoms with Crippen LogP contribution in [0.25, 0.3) is 0 Å². The normalized spacial score (nSPS) is 12.6. The van der Waals surface area contributed by atoms with Gasteiger partial charge in [0.2, 0.25) is 11.8 Å². The lowest BCUT2D eigenvalue weighted by molar-refractivity contribution is -0.117. The highest BCUT2D eigenvalue weighted by Gasteiger charge is 2.19. The molecule has 1 aliphatic heterocycles. The third-order valence-corrected chi connectivity index (χ3v) is 4.97. The van der Waals surface area contributed by atoms with Gasteiger partial charge in [0.05, 0.1) is 0 Å². The van der Waals surface area contributed by atoms with Gasteiger partial charge in [0.25, 0.3) is 0 Å². The Bertz CT molecular complexity index is 908. The second kappa shape index (κ2) is 8.99. The molecule has 0 radical (unpaired) electrons. The summed E-state index contributed by atoms with van der Waals surface area (Å²) >= 11 is 0. The van der Waals surface area contributed by atoms with E-state index in [2.05, 4.69) is 19.2 Å². The van der Waals surface area contributed by atoms with Crippen molar-refractivity contribution in [2.24, 2.45) is 0 Å². The van der Waals surface area contributed by atoms with Crippen LogP contribution in [0.5, 0.6) is 11.5 Å². The van der Waals surface area contributed by atoms with Crippen LogP contribution in [0.15, 0.2) is 36.4 Å². The first-order chi connectivity index (χ1) is 13.9. The van der Waals surface area contributed by atoms with Gasteiger partial charge in [-0.25, -0.2) is 0 Å². The molecule has 0 bridgehead atoms. The number of hydrogen-bond donors (Lipinski definition) is 1. The van der Waals surface area contributed by atoms with Gasteiger partial charge in [0.1, 0.15) is 13.2 Å². The molecule has 0 fully saturated rings. The molecule has 0 aliphatic carbocycles. The second-order valence-corrected chi connectivity index (χ2v) is 7.49. The lowest BCUT2D eigenvalue weighted by Gasteiger charge is -2.24. The van der Waals surface area contributed by atoms with Crippen LogP contribution in [-0.2, 0) is 9.59 Å². The van der Waals surface area contributed by atoms with E-state index in [1.54, 1.807) is 17.0 Å². The molecular weight excluding hydrogens is 368 g/mol. The van der Waals surface area contributed by atoms with Gasteiger partial charge in [-0.1, -0.05) is 32.0 Å². The number of para-hydroxylation sites is 1. The zero-order valence-corrected chi connectivity index (χ0v) is 17.5. The number of ether oxygens (including phenoxy) is 2. The Morgan fingerprint density at radius 3 is 2.52 bits per heavy atom. The molecule has 3 rings (SSSR count). The van der Waals surface area contributed by atoms with Crippen LogP contribution >= 0.6 is 0 Å². The Morgan fingerprint density at radius 1 is 1.10 bits per heavy atom. The van der Waals surface area contributed by atoms with Crippen LogP contribution in [0.1, 0.15) is 44.2 Å². The molecule has 1 N–H and O–H groups in total. The van der Waals surface area contributed by atoms with Gasteiger partial charge in [-0.2, -0.15) is 0 Å². The molecule has 0 spiro atoms. The second-order valence-electron chi connectivity index (χ2n) is 7.49. The minimum absolute atomic E-state index is 0.120. The van der Waals surface area contributed by atoms with Gasteiger partial charge in [0.15, 0.2) is 11.5 Å². The number of carbonyl (C=O) groups excluding carboxylic acids is 2. The smallest absolute Gasteiger partial charge is 0.226 e. The molecule has 2 aromatic rings. The van der Waals surface area contributed by atoms with Gasteiger partial charge in [-0.05, 0) is 36.1 Å². The van der Waals surface area contributed by atoms with E-state index in [1.807, 2.05) is 31.2 Å². The third-order valence-electron chi connectivity index (χ3n) is 4.97. The molecule has 0 atom stereocenters. The zero-order valence-electron chi connectivity index (χ0n) is 17.5. The number of anilines is 2. The Morgan fingerprint density at radius 2 is 1.83 bits per heavy atom. The van der Waals surface area contributed by atoms with Crippen LogP contribution in [-0.4, -0.2) is 31.6 Å². The fourth-order valence-corrected chi connectivity index (χ4v) is 3.43. The highest BCUT2D eigenvalue weighted by molar-refractivity contribution is 5.95. The summed E-state index contributed by atoms with van der Waals surface area (Å²) in [7, 11) is 0. The molecule has 0 saturated heterocycles. The predicted octanol–water partition coefficient (Wildman–Crippen LogP) is 4.27. The molecule has 1 aliphatic rings. The largest absolute Gasteiger partial charge is 0.486 e. The van der Waals surface area contributed by atoms with Crippen molar-refractivity contribution in [3.63, 3.8) is 0 Å². The number of hydrogen-bond acceptors (Lipinski definition) is 4. The summed E-state index contributed by atoms with van der Waals surface area (Å²) in [6.07, 6.45) is 0.194. The van der Waals surface area contributed by atoms with Crippen LogP contribution < -0.4 is 19.7 Å². The summed E-state index contributed by atoms with van der Waals surface area (Å²) < 4.78 is 11.1. The average molecular weight is 396 g/mol. The molecule has 0 unspecified atom stereocenters. The Hall–Kier alpha value is -3.02. The molecule has 2 amide bonds. The van der Waals surface area contributed by atoms with Crippen molar-refractivity contribution in [3.8, 4) is 11.5 Å². The Kier molecular flexibility index (Phi) is 6.42. The van der Waals surface area contributed by atoms with E-state index in [1.165, 1.54) is 6.92 Å². The molecule has 0 aromatic heterocycles. The minimum Gasteiger partial charge on any atom is -0.486 e. The van der Waals surface area contributed by atoms with Gasteiger partial charge in [0, 0.05) is 37.3 Å². The number of amides is 2. The zero-order chi connectivity index (χ0) is 21.0. The maximum atomic E-state index is 12.6. The summed E-state index contributed by atoms with van der Waals surface area (Å²) in [6.45, 7) is 8.95. The lowest BCUT2D eigenvalue weighted by Crippen LogP contribution is -2.32. The van der Waals surface area contributed by atoms with Gasteiger partial charge in [-0.3, -0.25) is 9.59 Å². The molecular formula is C23H28N2O4. The number of carbonyl (C=O) groups is 2. The first kappa shape index (κ1) is 20.7. The first-order valence-electron chi connectivity index (χ1n) is 9.94. The van der Waals surface area contributed by atoms with E-state index >= 15 is 0 Å². The Balaban J connectivity index is 1.70. The Labute approximate surface area is 171 Å². The number of fused-ring (bicyclic) bond motifs is 1. The standard InChI is InChI=1S/C23H28N2O4/c1-15(2)19-7-5-6-16(3)23(19)24-22(27)10-11-25(17(4)26)18-8-9-20-21(14-18)29-13-12-28-20/h5-9,14-15H,10-13H2,1-4H3,(H,24,27). The lowest BCUT2D eigenvalue weighted by atomic mass is 9.98. The van der Waals surface area contributed by atoms with Crippen LogP contribution in [0.3, 0.4) is 0 Å². The fourth-order valence-electron chi connectivity index (χ4n) is 3.43. The predicted molar refractivity (Wildman–Crippen MR) is 114 cm³/mol. The SMILES string of the molecule is CC(=O)N(CCC(=O)Nc1c(C)cccc1C(C)C)c1ccc2c(c1)OCCO2. The number of benzene rings is 2. The fraction of sp³-hybridized carbons (Fsp3) is 0.391. The highest BCUT2D eigenvalue weighted by atomic mass is 16.6. The number of rotatable bonds is 6. The van der Waals surface area contributed by atoms with Crippen LogP contribution in [0.2, 0.25) is 0 Å². The van der Waals surface area contributed by atoms with E-state index in [0.29, 0.717) is 36.3 Å². The number of aryl methyl sites for hydroxylation is 1. The van der Waals surface area contributed by atoms with Crippen molar-refractivity contribution >= 4 is 23.2 Å². The summed E-state index contributed by atoms with van der Waals surface area (Å²) in [4.78, 5) is 26.4. The molecule has 6 heteroatoms. The third kappa shape index (κ3) is 4.88. The maximum Gasteiger partial charge on any atom is 0.226 e. The van der Waals surface area contributed by atoms with Crippen molar-refractivity contribution in [1.82, 2.24) is 0 Å². The molecule has 2 aromatic carbocycles. The maximum absolute atomic E-state index is 12.6. The van der Waals surface area contributed by atoms with Gasteiger partial charge < -0.3 is 19.7 Å². The van der Waals surface area contributed by atoms with E-state index < -0.39 is 0 Å². The molecule has 1 heterocycles. The summed E-state index contributed by atoms with van der Waals surface area (Å²) in [6, 6.07) is 11.4. The van der Waals surface area contributed by atoms with Crippen LogP contribution in [0.4, 0.5) is 11.4 Å². The van der Waals surface area contributed by atoms with Crippen molar-refractivity contribution < 1.29 is 19.1 Å². The van der Waals surface area contributed by atoms with E-state index in [4.69, 9.17) is 9.47 Å². The molecule has 0 saturated carbocycles. The minimum atomic E-state index is -0.131. The summed E-state index contributed by atoms with van der Waals surface area (Å²) in [5.41, 5.74) is 3.68. The van der Waals surface area contributed by atoms with E-state index in [9.17, 15) is 9.59 Å². The van der Waals surface area contributed by atoms with Gasteiger partial charge in [-0.15, -0.1) is 0 Å². The number of nitrogens with zero attached hydrogens (tertiary/aromatic N) is 1. The van der Waals surface area contributed by atoms with Crippen molar-refractivity contribution in [2.75, 3.05) is 30.0 Å². The molecule has 29 heavy (non-hydrogen) atoms. The topological polar surface area (TPSA) is 67.9 Å². The molecule has 154 valence electrons. The highest BCUT2D eigenvalue weighted by Crippen LogP contribution is 2.34. The summed E-state index contributed by atoms with van der Waals surface area (Å²) in [5, 5.41) is 3.03. The quantitative estimate of drug-likeness (QED) is 0.792. The first-order valence-corrected chi connectivity index (χ1v) is 9.94. The average Bonchev–Trinajstić information content (AvgIpc) is 2.69. The van der Waals surface area contributed by atoms with Crippen molar-refractivity contribution in [2.45, 2.75) is 40.0 Å². The van der Waals surface area contributed by atoms with Crippen LogP contribution in [0, 0.1) is 6.92 Å². The summed E-state index contributed by atoms with van der Waals surface area (Å²) in [5.74, 6) is 1.34.